The summed E-state index contributed by atoms with van der Waals surface area (Å²) in [6, 6.07) is 28.4. The van der Waals surface area contributed by atoms with Crippen molar-refractivity contribution in [1.29, 1.82) is 0 Å². The summed E-state index contributed by atoms with van der Waals surface area (Å²) in [7, 11) is 0. The first-order valence-corrected chi connectivity index (χ1v) is 12.4. The molecule has 2 amide bonds. The quantitative estimate of drug-likeness (QED) is 0.243. The van der Waals surface area contributed by atoms with Gasteiger partial charge in [-0.1, -0.05) is 66.7 Å². The van der Waals surface area contributed by atoms with Gasteiger partial charge in [0, 0.05) is 29.2 Å². The number of rotatable bonds is 5. The molecule has 5 aromatic rings. The van der Waals surface area contributed by atoms with Gasteiger partial charge in [0.25, 0.3) is 11.1 Å². The van der Waals surface area contributed by atoms with Gasteiger partial charge in [-0.15, -0.1) is 0 Å². The number of nitrogens with zero attached hydrogens (tertiary/aromatic N) is 2. The highest BCUT2D eigenvalue weighted by atomic mass is 32.2. The van der Waals surface area contributed by atoms with Gasteiger partial charge in [-0.25, -0.2) is 4.39 Å². The highest BCUT2D eigenvalue weighted by Gasteiger charge is 2.35. The summed E-state index contributed by atoms with van der Waals surface area (Å²) in [5.41, 5.74) is 3.75. The highest BCUT2D eigenvalue weighted by Crippen LogP contribution is 2.35. The molecule has 36 heavy (non-hydrogen) atoms. The summed E-state index contributed by atoms with van der Waals surface area (Å²) in [5, 5.41) is 2.91. The van der Waals surface area contributed by atoms with Crippen LogP contribution >= 0.6 is 11.8 Å². The van der Waals surface area contributed by atoms with Crippen molar-refractivity contribution in [3.63, 3.8) is 0 Å². The number of carbonyl (C=O) groups is 2. The SMILES string of the molecule is O=C1S/C(=C\c2cn(Cc3ccc(F)cc3)c3ccccc23)C(=O)N1Cc1ccc2ccccc2c1. The smallest absolute Gasteiger partial charge is 0.293 e. The van der Waals surface area contributed by atoms with E-state index < -0.39 is 0 Å². The molecule has 1 aliphatic heterocycles. The molecule has 0 radical (unpaired) electrons. The van der Waals surface area contributed by atoms with Gasteiger partial charge in [0.05, 0.1) is 11.4 Å². The maximum absolute atomic E-state index is 13.3. The zero-order chi connectivity index (χ0) is 24.6. The van der Waals surface area contributed by atoms with Gasteiger partial charge in [-0.2, -0.15) is 0 Å². The van der Waals surface area contributed by atoms with E-state index in [2.05, 4.69) is 4.57 Å². The fraction of sp³-hybridized carbons (Fsp3) is 0.0667. The predicted octanol–water partition coefficient (Wildman–Crippen LogP) is 7.22. The zero-order valence-electron chi connectivity index (χ0n) is 19.2. The monoisotopic (exact) mass is 492 g/mol. The molecule has 1 aliphatic rings. The Hall–Kier alpha value is -4.16. The number of para-hydroxylation sites is 1. The van der Waals surface area contributed by atoms with E-state index >= 15 is 0 Å². The third-order valence-electron chi connectivity index (χ3n) is 6.40. The van der Waals surface area contributed by atoms with Gasteiger partial charge < -0.3 is 4.57 Å². The Balaban J connectivity index is 1.29. The average molecular weight is 493 g/mol. The fourth-order valence-electron chi connectivity index (χ4n) is 4.60. The van der Waals surface area contributed by atoms with E-state index in [1.165, 1.54) is 17.0 Å². The largest absolute Gasteiger partial charge is 0.342 e. The molecule has 4 nitrogen and oxygen atoms in total. The zero-order valence-corrected chi connectivity index (χ0v) is 20.0. The van der Waals surface area contributed by atoms with Crippen molar-refractivity contribution in [1.82, 2.24) is 9.47 Å². The van der Waals surface area contributed by atoms with Crippen molar-refractivity contribution in [2.45, 2.75) is 13.1 Å². The van der Waals surface area contributed by atoms with Crippen LogP contribution in [-0.4, -0.2) is 20.6 Å². The molecular formula is C30H21FN2O2S. The van der Waals surface area contributed by atoms with Crippen LogP contribution in [-0.2, 0) is 17.9 Å². The molecule has 6 rings (SSSR count). The molecule has 1 aromatic heterocycles. The second-order valence-corrected chi connectivity index (χ2v) is 9.80. The maximum Gasteiger partial charge on any atom is 0.293 e. The van der Waals surface area contributed by atoms with Gasteiger partial charge >= 0.3 is 0 Å². The Bertz CT molecular complexity index is 1670. The number of thioether (sulfide) groups is 1. The van der Waals surface area contributed by atoms with Crippen LogP contribution in [0.1, 0.15) is 16.7 Å². The molecule has 0 spiro atoms. The van der Waals surface area contributed by atoms with Crippen LogP contribution in [0, 0.1) is 5.82 Å². The minimum atomic E-state index is -0.284. The lowest BCUT2D eigenvalue weighted by atomic mass is 10.1. The summed E-state index contributed by atoms with van der Waals surface area (Å²) in [6.45, 7) is 0.803. The molecule has 1 fully saturated rings. The Morgan fingerprint density at radius 3 is 2.33 bits per heavy atom. The van der Waals surface area contributed by atoms with Gasteiger partial charge in [-0.05, 0) is 64.0 Å². The van der Waals surface area contributed by atoms with Crippen molar-refractivity contribution < 1.29 is 14.0 Å². The molecule has 4 aromatic carbocycles. The van der Waals surface area contributed by atoms with Crippen molar-refractivity contribution in [3.8, 4) is 0 Å². The molecule has 1 saturated heterocycles. The normalized spacial score (nSPS) is 15.0. The van der Waals surface area contributed by atoms with E-state index in [-0.39, 0.29) is 23.5 Å². The first kappa shape index (κ1) is 22.3. The Kier molecular flexibility index (Phi) is 5.66. The number of imide groups is 1. The van der Waals surface area contributed by atoms with Crippen molar-refractivity contribution in [3.05, 3.63) is 125 Å². The van der Waals surface area contributed by atoms with E-state index in [1.54, 1.807) is 18.2 Å². The lowest BCUT2D eigenvalue weighted by Gasteiger charge is -2.13. The summed E-state index contributed by atoms with van der Waals surface area (Å²) in [6.07, 6.45) is 3.78. The minimum absolute atomic E-state index is 0.235. The highest BCUT2D eigenvalue weighted by molar-refractivity contribution is 8.18. The van der Waals surface area contributed by atoms with E-state index in [0.717, 1.165) is 50.1 Å². The van der Waals surface area contributed by atoms with Crippen molar-refractivity contribution in [2.75, 3.05) is 0 Å². The lowest BCUT2D eigenvalue weighted by molar-refractivity contribution is -0.123. The molecule has 0 aliphatic carbocycles. The molecule has 0 bridgehead atoms. The van der Waals surface area contributed by atoms with Crippen LogP contribution < -0.4 is 0 Å². The first-order valence-electron chi connectivity index (χ1n) is 11.6. The molecular weight excluding hydrogens is 471 g/mol. The van der Waals surface area contributed by atoms with Crippen molar-refractivity contribution in [2.24, 2.45) is 0 Å². The molecule has 0 unspecified atom stereocenters. The topological polar surface area (TPSA) is 42.3 Å². The number of halogens is 1. The number of benzene rings is 4. The number of fused-ring (bicyclic) bond motifs is 2. The molecule has 0 atom stereocenters. The molecule has 2 heterocycles. The van der Waals surface area contributed by atoms with E-state index in [4.69, 9.17) is 0 Å². The number of carbonyl (C=O) groups excluding carboxylic acids is 2. The van der Waals surface area contributed by atoms with E-state index in [1.807, 2.05) is 72.9 Å². The third kappa shape index (κ3) is 4.20. The van der Waals surface area contributed by atoms with Gasteiger partial charge in [0.1, 0.15) is 5.82 Å². The molecule has 0 N–H and O–H groups in total. The van der Waals surface area contributed by atoms with Crippen LogP contribution in [0.5, 0.6) is 0 Å². The number of aromatic nitrogens is 1. The third-order valence-corrected chi connectivity index (χ3v) is 7.31. The van der Waals surface area contributed by atoms with E-state index in [9.17, 15) is 14.0 Å². The average Bonchev–Trinajstić information content (AvgIpc) is 3.37. The van der Waals surface area contributed by atoms with E-state index in [0.29, 0.717) is 11.4 Å². The van der Waals surface area contributed by atoms with Gasteiger partial charge in [0.15, 0.2) is 0 Å². The first-order chi connectivity index (χ1) is 17.5. The summed E-state index contributed by atoms with van der Waals surface area (Å²) >= 11 is 0.971. The minimum Gasteiger partial charge on any atom is -0.342 e. The maximum atomic E-state index is 13.3. The van der Waals surface area contributed by atoms with Crippen LogP contribution in [0.3, 0.4) is 0 Å². The van der Waals surface area contributed by atoms with Gasteiger partial charge in [-0.3, -0.25) is 14.5 Å². The van der Waals surface area contributed by atoms with Crippen molar-refractivity contribution >= 4 is 50.7 Å². The predicted molar refractivity (Wildman–Crippen MR) is 143 cm³/mol. The van der Waals surface area contributed by atoms with Crippen LogP contribution in [0.4, 0.5) is 9.18 Å². The van der Waals surface area contributed by atoms with Crippen LogP contribution in [0.15, 0.2) is 102 Å². The second kappa shape index (κ2) is 9.13. The summed E-state index contributed by atoms with van der Waals surface area (Å²) < 4.78 is 15.4. The number of amides is 2. The Morgan fingerprint density at radius 2 is 1.50 bits per heavy atom. The second-order valence-electron chi connectivity index (χ2n) is 8.81. The van der Waals surface area contributed by atoms with Crippen LogP contribution in [0.2, 0.25) is 0 Å². The summed E-state index contributed by atoms with van der Waals surface area (Å²) in [4.78, 5) is 27.7. The fourth-order valence-corrected chi connectivity index (χ4v) is 5.43. The summed E-state index contributed by atoms with van der Waals surface area (Å²) in [5.74, 6) is -0.551. The standard InChI is InChI=1S/C30H21FN2O2S/c31-25-13-10-20(11-14-25)17-32-19-24(26-7-3-4-8-27(26)32)16-28-29(34)33(30(35)36-28)18-21-9-12-22-5-1-2-6-23(22)15-21/h1-16,19H,17-18H2/b28-16-. The Morgan fingerprint density at radius 1 is 0.778 bits per heavy atom. The molecule has 6 heteroatoms. The van der Waals surface area contributed by atoms with Crippen LogP contribution in [0.25, 0.3) is 27.8 Å². The molecule has 176 valence electrons. The Labute approximate surface area is 211 Å². The molecule has 0 saturated carbocycles. The number of hydrogen-bond donors (Lipinski definition) is 0. The number of hydrogen-bond acceptors (Lipinski definition) is 3. The van der Waals surface area contributed by atoms with Gasteiger partial charge in [0.2, 0.25) is 0 Å². The lowest BCUT2D eigenvalue weighted by Crippen LogP contribution is -2.27.